The van der Waals surface area contributed by atoms with Gasteiger partial charge in [0, 0.05) is 43.2 Å². The molecule has 1 unspecified atom stereocenters. The van der Waals surface area contributed by atoms with Gasteiger partial charge in [-0.1, -0.05) is 12.1 Å². The Morgan fingerprint density at radius 1 is 1.17 bits per heavy atom. The largest absolute Gasteiger partial charge is 0.497 e. The number of nitrogens with one attached hydrogen (secondary N) is 1. The maximum atomic E-state index is 13.5. The van der Waals surface area contributed by atoms with Gasteiger partial charge >= 0.3 is 0 Å². The first-order valence-electron chi connectivity index (χ1n) is 10.3. The first-order valence-corrected chi connectivity index (χ1v) is 10.3. The maximum Gasteiger partial charge on any atom is 0.252 e. The van der Waals surface area contributed by atoms with E-state index in [1.165, 1.54) is 16.2 Å². The van der Waals surface area contributed by atoms with E-state index in [1.54, 1.807) is 13.3 Å². The predicted molar refractivity (Wildman–Crippen MR) is 112 cm³/mol. The minimum Gasteiger partial charge on any atom is -0.497 e. The number of methoxy groups -OCH3 is 1. The van der Waals surface area contributed by atoms with Crippen LogP contribution in [0.1, 0.15) is 35.7 Å². The minimum atomic E-state index is -0.403. The average molecular weight is 404 g/mol. The van der Waals surface area contributed by atoms with E-state index < -0.39 is 6.04 Å². The van der Waals surface area contributed by atoms with Gasteiger partial charge in [0.25, 0.3) is 5.91 Å². The Labute approximate surface area is 174 Å². The van der Waals surface area contributed by atoms with E-state index in [0.29, 0.717) is 12.8 Å². The number of rotatable bonds is 4. The molecule has 4 heterocycles. The lowest BCUT2D eigenvalue weighted by Gasteiger charge is -2.33. The van der Waals surface area contributed by atoms with E-state index in [9.17, 15) is 9.59 Å². The third-order valence-electron chi connectivity index (χ3n) is 6.11. The Kier molecular flexibility index (Phi) is 4.75. The zero-order valence-corrected chi connectivity index (χ0v) is 16.9. The van der Waals surface area contributed by atoms with E-state index in [0.717, 1.165) is 41.9 Å². The van der Waals surface area contributed by atoms with Crippen molar-refractivity contribution in [2.24, 2.45) is 0 Å². The number of imide groups is 1. The molecule has 0 saturated carbocycles. The molecule has 3 aromatic rings. The molecule has 0 aliphatic carbocycles. The summed E-state index contributed by atoms with van der Waals surface area (Å²) in [5.74, 6) is 0.482. The normalized spacial score (nSPS) is 19.2. The number of carbonyl (C=O) groups excluding carboxylic acids is 2. The van der Waals surface area contributed by atoms with Gasteiger partial charge in [-0.25, -0.2) is 4.98 Å². The molecule has 5 rings (SSSR count). The number of pyridine rings is 1. The van der Waals surface area contributed by atoms with E-state index in [-0.39, 0.29) is 18.4 Å². The Hall–Kier alpha value is -3.19. The molecule has 0 spiro atoms. The second-order valence-corrected chi connectivity index (χ2v) is 7.82. The molecule has 2 amide bonds. The molecule has 7 heteroatoms. The number of amides is 2. The molecule has 1 aromatic carbocycles. The highest BCUT2D eigenvalue weighted by Gasteiger charge is 2.38. The van der Waals surface area contributed by atoms with Crippen molar-refractivity contribution in [3.63, 3.8) is 0 Å². The van der Waals surface area contributed by atoms with E-state index >= 15 is 0 Å². The average Bonchev–Trinajstić information content (AvgIpc) is 3.12. The van der Waals surface area contributed by atoms with E-state index in [2.05, 4.69) is 20.9 Å². The molecule has 7 nitrogen and oxygen atoms in total. The van der Waals surface area contributed by atoms with Crippen LogP contribution in [-0.4, -0.2) is 39.9 Å². The van der Waals surface area contributed by atoms with Gasteiger partial charge in [0.1, 0.15) is 17.4 Å². The third kappa shape index (κ3) is 3.06. The summed E-state index contributed by atoms with van der Waals surface area (Å²) in [6, 6.07) is 11.1. The number of piperidine rings is 1. The predicted octanol–water partition coefficient (Wildman–Crippen LogP) is 2.58. The summed E-state index contributed by atoms with van der Waals surface area (Å²) >= 11 is 0. The molecule has 0 radical (unpaired) electrons. The number of nitrogens with zero attached hydrogens (tertiary/aromatic N) is 3. The molecule has 2 aromatic heterocycles. The summed E-state index contributed by atoms with van der Waals surface area (Å²) in [5.41, 5.74) is 4.12. The SMILES string of the molecule is COc1ccc(CN2C(=O)CCC(n3c4c(c5cccnc53)CNCC4)C2=O)cc1. The first kappa shape index (κ1) is 18.8. The highest BCUT2D eigenvalue weighted by molar-refractivity contribution is 6.00. The number of hydrogen-bond donors (Lipinski definition) is 1. The monoisotopic (exact) mass is 404 g/mol. The van der Waals surface area contributed by atoms with Crippen molar-refractivity contribution in [3.05, 3.63) is 59.4 Å². The smallest absolute Gasteiger partial charge is 0.252 e. The van der Waals surface area contributed by atoms with Gasteiger partial charge in [0.15, 0.2) is 0 Å². The lowest BCUT2D eigenvalue weighted by molar-refractivity contribution is -0.151. The van der Waals surface area contributed by atoms with E-state index in [1.807, 2.05) is 30.3 Å². The molecule has 1 fully saturated rings. The number of benzene rings is 1. The fourth-order valence-corrected chi connectivity index (χ4v) is 4.62. The van der Waals surface area contributed by atoms with Crippen molar-refractivity contribution < 1.29 is 14.3 Å². The van der Waals surface area contributed by atoms with Crippen LogP contribution in [0.5, 0.6) is 5.75 Å². The molecule has 30 heavy (non-hydrogen) atoms. The lowest BCUT2D eigenvalue weighted by atomic mass is 10.0. The molecular weight excluding hydrogens is 380 g/mol. The van der Waals surface area contributed by atoms with Gasteiger partial charge in [-0.2, -0.15) is 0 Å². The van der Waals surface area contributed by atoms with Crippen LogP contribution >= 0.6 is 0 Å². The van der Waals surface area contributed by atoms with Crippen LogP contribution in [0.3, 0.4) is 0 Å². The van der Waals surface area contributed by atoms with Crippen molar-refractivity contribution >= 4 is 22.8 Å². The second-order valence-electron chi connectivity index (χ2n) is 7.82. The Morgan fingerprint density at radius 3 is 2.80 bits per heavy atom. The van der Waals surface area contributed by atoms with Crippen LogP contribution in [0.25, 0.3) is 11.0 Å². The van der Waals surface area contributed by atoms with Crippen molar-refractivity contribution in [2.75, 3.05) is 13.7 Å². The molecule has 1 saturated heterocycles. The fourth-order valence-electron chi connectivity index (χ4n) is 4.62. The van der Waals surface area contributed by atoms with Crippen LogP contribution < -0.4 is 10.1 Å². The van der Waals surface area contributed by atoms with Crippen molar-refractivity contribution in [3.8, 4) is 5.75 Å². The Morgan fingerprint density at radius 2 is 2.00 bits per heavy atom. The molecule has 1 N–H and O–H groups in total. The van der Waals surface area contributed by atoms with Crippen molar-refractivity contribution in [1.29, 1.82) is 0 Å². The quantitative estimate of drug-likeness (QED) is 0.677. The summed E-state index contributed by atoms with van der Waals surface area (Å²) in [6.45, 7) is 1.92. The number of hydrogen-bond acceptors (Lipinski definition) is 5. The summed E-state index contributed by atoms with van der Waals surface area (Å²) < 4.78 is 7.30. The molecule has 154 valence electrons. The maximum absolute atomic E-state index is 13.5. The molecule has 2 aliphatic heterocycles. The Bertz CT molecular complexity index is 1120. The topological polar surface area (TPSA) is 76.5 Å². The minimum absolute atomic E-state index is 0.118. The van der Waals surface area contributed by atoms with Crippen LogP contribution in [0.2, 0.25) is 0 Å². The zero-order chi connectivity index (χ0) is 20.7. The van der Waals surface area contributed by atoms with Crippen molar-refractivity contribution in [1.82, 2.24) is 19.8 Å². The summed E-state index contributed by atoms with van der Waals surface area (Å²) in [5, 5.41) is 4.51. The standard InChI is InChI=1S/C23H24N4O3/c1-30-16-6-4-15(5-7-16)14-26-21(28)9-8-20(23(26)29)27-19-10-12-24-13-18(19)17-3-2-11-25-22(17)27/h2-7,11,20,24H,8-10,12-14H2,1H3. The summed E-state index contributed by atoms with van der Waals surface area (Å²) in [7, 11) is 1.61. The van der Waals surface area contributed by atoms with Gasteiger partial charge in [0.05, 0.1) is 13.7 Å². The van der Waals surface area contributed by atoms with Gasteiger partial charge in [0.2, 0.25) is 5.91 Å². The third-order valence-corrected chi connectivity index (χ3v) is 6.11. The summed E-state index contributed by atoms with van der Waals surface area (Å²) in [4.78, 5) is 32.2. The van der Waals surface area contributed by atoms with Crippen LogP contribution in [0.4, 0.5) is 0 Å². The number of ether oxygens (including phenoxy) is 1. The van der Waals surface area contributed by atoms with Crippen molar-refractivity contribution in [2.45, 2.75) is 38.4 Å². The Balaban J connectivity index is 1.51. The van der Waals surface area contributed by atoms with E-state index in [4.69, 9.17) is 4.74 Å². The molecule has 0 bridgehead atoms. The van der Waals surface area contributed by atoms with Gasteiger partial charge in [-0.15, -0.1) is 0 Å². The number of carbonyl (C=O) groups is 2. The van der Waals surface area contributed by atoms with Gasteiger partial charge in [-0.05, 0) is 41.8 Å². The highest BCUT2D eigenvalue weighted by atomic mass is 16.5. The zero-order valence-electron chi connectivity index (χ0n) is 16.9. The van der Waals surface area contributed by atoms with Crippen LogP contribution in [0, 0.1) is 0 Å². The van der Waals surface area contributed by atoms with Crippen LogP contribution in [-0.2, 0) is 29.1 Å². The number of likely N-dealkylation sites (tertiary alicyclic amines) is 1. The first-order chi connectivity index (χ1) is 14.7. The molecule has 1 atom stereocenters. The highest BCUT2D eigenvalue weighted by Crippen LogP contribution is 2.35. The van der Waals surface area contributed by atoms with Gasteiger partial charge in [-0.3, -0.25) is 14.5 Å². The van der Waals surface area contributed by atoms with Gasteiger partial charge < -0.3 is 14.6 Å². The van der Waals surface area contributed by atoms with Crippen LogP contribution in [0.15, 0.2) is 42.6 Å². The molecular formula is C23H24N4O3. The fraction of sp³-hybridized carbons (Fsp3) is 0.348. The number of aromatic nitrogens is 2. The number of fused-ring (bicyclic) bond motifs is 3. The second kappa shape index (κ2) is 7.57. The lowest BCUT2D eigenvalue weighted by Crippen LogP contribution is -2.45. The summed E-state index contributed by atoms with van der Waals surface area (Å²) in [6.07, 6.45) is 3.48. The molecule has 2 aliphatic rings.